The van der Waals surface area contributed by atoms with E-state index in [4.69, 9.17) is 9.47 Å². The molecular formula is C12H20O6. The van der Waals surface area contributed by atoms with Gasteiger partial charge >= 0.3 is 17.9 Å². The highest BCUT2D eigenvalue weighted by Crippen LogP contribution is 2.08. The fraction of sp³-hybridized carbons (Fsp3) is 0.750. The second kappa shape index (κ2) is 8.63. The summed E-state index contributed by atoms with van der Waals surface area (Å²) in [5.41, 5.74) is 0. The Labute approximate surface area is 107 Å². The van der Waals surface area contributed by atoms with Crippen molar-refractivity contribution in [3.63, 3.8) is 0 Å². The van der Waals surface area contributed by atoms with Crippen LogP contribution in [-0.2, 0) is 28.6 Å². The molecule has 0 aliphatic rings. The van der Waals surface area contributed by atoms with Crippen molar-refractivity contribution in [3.05, 3.63) is 0 Å². The minimum Gasteiger partial charge on any atom is -0.463 e. The molecule has 0 aliphatic heterocycles. The molecule has 0 bridgehead atoms. The second-order valence-electron chi connectivity index (χ2n) is 4.21. The first-order chi connectivity index (χ1) is 8.38. The Hall–Kier alpha value is -1.43. The van der Waals surface area contributed by atoms with Gasteiger partial charge in [-0.25, -0.2) is 0 Å². The van der Waals surface area contributed by atoms with Gasteiger partial charge in [0.2, 0.25) is 0 Å². The van der Waals surface area contributed by atoms with Crippen LogP contribution in [0.15, 0.2) is 0 Å². The molecule has 0 aliphatic carbocycles. The normalized spacial score (nSPS) is 12.1. The van der Waals surface area contributed by atoms with Crippen LogP contribution in [0.1, 0.15) is 27.2 Å². The molecule has 6 heteroatoms. The zero-order chi connectivity index (χ0) is 14.1. The highest BCUT2D eigenvalue weighted by Gasteiger charge is 2.23. The predicted octanol–water partition coefficient (Wildman–Crippen LogP) is 0.928. The number of carbonyl (C=O) groups is 3. The van der Waals surface area contributed by atoms with Crippen molar-refractivity contribution in [2.75, 3.05) is 20.3 Å². The minimum absolute atomic E-state index is 0.117. The summed E-state index contributed by atoms with van der Waals surface area (Å²) in [7, 11) is 1.49. The van der Waals surface area contributed by atoms with Crippen molar-refractivity contribution in [2.24, 2.45) is 11.8 Å². The molecule has 1 atom stereocenters. The number of methoxy groups -OCH3 is 1. The predicted molar refractivity (Wildman–Crippen MR) is 62.6 cm³/mol. The monoisotopic (exact) mass is 260 g/mol. The Morgan fingerprint density at radius 3 is 2.11 bits per heavy atom. The lowest BCUT2D eigenvalue weighted by Crippen LogP contribution is -2.24. The number of carbonyl (C=O) groups excluding carboxylic acids is 3. The number of esters is 3. The van der Waals surface area contributed by atoms with Crippen molar-refractivity contribution in [3.8, 4) is 0 Å². The maximum absolute atomic E-state index is 11.4. The van der Waals surface area contributed by atoms with Crippen molar-refractivity contribution in [1.82, 2.24) is 0 Å². The molecule has 0 saturated carbocycles. The summed E-state index contributed by atoms with van der Waals surface area (Å²) in [5, 5.41) is 0. The molecular weight excluding hydrogens is 240 g/mol. The number of rotatable bonds is 7. The van der Waals surface area contributed by atoms with Crippen LogP contribution in [0.4, 0.5) is 0 Å². The van der Waals surface area contributed by atoms with E-state index in [9.17, 15) is 14.4 Å². The lowest BCUT2D eigenvalue weighted by atomic mass is 10.1. The van der Waals surface area contributed by atoms with Crippen LogP contribution in [0, 0.1) is 11.8 Å². The molecule has 6 nitrogen and oxygen atoms in total. The van der Waals surface area contributed by atoms with E-state index in [1.807, 2.05) is 0 Å². The van der Waals surface area contributed by atoms with Gasteiger partial charge in [0.25, 0.3) is 0 Å². The first kappa shape index (κ1) is 16.6. The van der Waals surface area contributed by atoms with Crippen LogP contribution in [-0.4, -0.2) is 38.2 Å². The van der Waals surface area contributed by atoms with Gasteiger partial charge in [0.05, 0.1) is 24.9 Å². The van der Waals surface area contributed by atoms with Crippen LogP contribution >= 0.6 is 0 Å². The first-order valence-corrected chi connectivity index (χ1v) is 5.78. The summed E-state index contributed by atoms with van der Waals surface area (Å²) >= 11 is 0. The Bertz CT molecular complexity index is 297. The Morgan fingerprint density at radius 2 is 1.61 bits per heavy atom. The van der Waals surface area contributed by atoms with Crippen LogP contribution in [0.2, 0.25) is 0 Å². The summed E-state index contributed by atoms with van der Waals surface area (Å²) in [6.07, 6.45) is -0.117. The van der Waals surface area contributed by atoms with Gasteiger partial charge in [0.1, 0.15) is 6.61 Å². The number of hydrogen-bond acceptors (Lipinski definition) is 6. The summed E-state index contributed by atoms with van der Waals surface area (Å²) in [6, 6.07) is 0. The molecule has 0 amide bonds. The Kier molecular flexibility index (Phi) is 7.94. The van der Waals surface area contributed by atoms with Gasteiger partial charge < -0.3 is 14.2 Å². The van der Waals surface area contributed by atoms with Crippen LogP contribution in [0.25, 0.3) is 0 Å². The average molecular weight is 260 g/mol. The fourth-order valence-electron chi connectivity index (χ4n) is 0.949. The average Bonchev–Trinajstić information content (AvgIpc) is 2.28. The molecule has 0 fully saturated rings. The van der Waals surface area contributed by atoms with Gasteiger partial charge in [-0.15, -0.1) is 0 Å². The molecule has 0 N–H and O–H groups in total. The van der Waals surface area contributed by atoms with Gasteiger partial charge in [-0.3, -0.25) is 14.4 Å². The quantitative estimate of drug-likeness (QED) is 0.385. The number of ether oxygens (including phenoxy) is 3. The minimum atomic E-state index is -0.711. The van der Waals surface area contributed by atoms with Crippen molar-refractivity contribution >= 4 is 17.9 Å². The maximum atomic E-state index is 11.4. The van der Waals surface area contributed by atoms with E-state index in [0.29, 0.717) is 6.61 Å². The molecule has 18 heavy (non-hydrogen) atoms. The third-order valence-corrected chi connectivity index (χ3v) is 2.10. The van der Waals surface area contributed by atoms with E-state index in [1.54, 1.807) is 13.8 Å². The van der Waals surface area contributed by atoms with E-state index in [2.05, 4.69) is 4.74 Å². The van der Waals surface area contributed by atoms with E-state index in [1.165, 1.54) is 14.0 Å². The van der Waals surface area contributed by atoms with Crippen LogP contribution in [0.5, 0.6) is 0 Å². The first-order valence-electron chi connectivity index (χ1n) is 5.78. The fourth-order valence-corrected chi connectivity index (χ4v) is 0.949. The summed E-state index contributed by atoms with van der Waals surface area (Å²) in [6.45, 7) is 5.20. The van der Waals surface area contributed by atoms with Crippen molar-refractivity contribution < 1.29 is 28.6 Å². The molecule has 0 aromatic carbocycles. The highest BCUT2D eigenvalue weighted by atomic mass is 16.6. The molecule has 0 heterocycles. The van der Waals surface area contributed by atoms with E-state index in [-0.39, 0.29) is 18.9 Å². The molecule has 0 rings (SSSR count). The highest BCUT2D eigenvalue weighted by molar-refractivity contribution is 5.89. The Morgan fingerprint density at radius 1 is 1.00 bits per heavy atom. The zero-order valence-corrected chi connectivity index (χ0v) is 11.2. The standard InChI is InChI=1S/C12H20O6/c1-8(2)11(14)18-12(15)9(3)7-10(13)17-6-5-16-4/h8-9H,5-7H2,1-4H3. The molecule has 0 aromatic heterocycles. The van der Waals surface area contributed by atoms with Crippen molar-refractivity contribution in [2.45, 2.75) is 27.2 Å². The smallest absolute Gasteiger partial charge is 0.316 e. The molecule has 0 saturated heterocycles. The lowest BCUT2D eigenvalue weighted by Gasteiger charge is -2.11. The van der Waals surface area contributed by atoms with Crippen molar-refractivity contribution in [1.29, 1.82) is 0 Å². The largest absolute Gasteiger partial charge is 0.463 e. The number of hydrogen-bond donors (Lipinski definition) is 0. The van der Waals surface area contributed by atoms with Gasteiger partial charge in [-0.05, 0) is 0 Å². The van der Waals surface area contributed by atoms with Gasteiger partial charge in [0, 0.05) is 7.11 Å². The van der Waals surface area contributed by atoms with Gasteiger partial charge in [0.15, 0.2) is 0 Å². The van der Waals surface area contributed by atoms with Gasteiger partial charge in [-0.2, -0.15) is 0 Å². The van der Waals surface area contributed by atoms with Crippen LogP contribution in [0.3, 0.4) is 0 Å². The third kappa shape index (κ3) is 7.01. The van der Waals surface area contributed by atoms with Gasteiger partial charge in [-0.1, -0.05) is 20.8 Å². The summed E-state index contributed by atoms with van der Waals surface area (Å²) in [5.74, 6) is -2.91. The summed E-state index contributed by atoms with van der Waals surface area (Å²) in [4.78, 5) is 33.9. The molecule has 0 radical (unpaired) electrons. The SMILES string of the molecule is COCCOC(=O)CC(C)C(=O)OC(=O)C(C)C. The van der Waals surface area contributed by atoms with Crippen LogP contribution < -0.4 is 0 Å². The molecule has 1 unspecified atom stereocenters. The second-order valence-corrected chi connectivity index (χ2v) is 4.21. The maximum Gasteiger partial charge on any atom is 0.316 e. The third-order valence-electron chi connectivity index (χ3n) is 2.10. The Balaban J connectivity index is 4.00. The van der Waals surface area contributed by atoms with E-state index < -0.39 is 23.8 Å². The zero-order valence-electron chi connectivity index (χ0n) is 11.2. The molecule has 0 aromatic rings. The molecule has 0 spiro atoms. The lowest BCUT2D eigenvalue weighted by molar-refractivity contribution is -0.166. The summed E-state index contributed by atoms with van der Waals surface area (Å²) < 4.78 is 14.1. The van der Waals surface area contributed by atoms with E-state index in [0.717, 1.165) is 0 Å². The van der Waals surface area contributed by atoms with E-state index >= 15 is 0 Å². The molecule has 104 valence electrons. The topological polar surface area (TPSA) is 78.9 Å².